The maximum atomic E-state index is 12.3. The number of sulfonamides is 1. The number of aryl methyl sites for hydroxylation is 1. The topological polar surface area (TPSA) is 162 Å². The van der Waals surface area contributed by atoms with E-state index in [9.17, 15) is 21.9 Å². The number of aliphatic hydroxyl groups is 1. The average molecular weight is 506 g/mol. The lowest BCUT2D eigenvalue weighted by molar-refractivity contribution is 0.223. The minimum absolute atomic E-state index is 0.0601. The van der Waals surface area contributed by atoms with Crippen LogP contribution in [0.1, 0.15) is 45.3 Å². The summed E-state index contributed by atoms with van der Waals surface area (Å²) in [5.74, 6) is 1.04. The first-order valence-electron chi connectivity index (χ1n) is 9.80. The maximum Gasteiger partial charge on any atom is 0.345 e. The fourth-order valence-electron chi connectivity index (χ4n) is 3.14. The Balaban J connectivity index is 1.90. The van der Waals surface area contributed by atoms with Gasteiger partial charge in [-0.15, -0.1) is 16.2 Å². The number of amidine groups is 2. The first-order valence-corrected chi connectivity index (χ1v) is 13.7. The first-order chi connectivity index (χ1) is 14.7. The van der Waals surface area contributed by atoms with Crippen molar-refractivity contribution < 1.29 is 26.4 Å². The molecule has 0 radical (unpaired) electrons. The number of hydrogen-bond acceptors (Lipinski definition) is 9. The molecule has 0 saturated carbocycles. The highest BCUT2D eigenvalue weighted by molar-refractivity contribution is 8.14. The zero-order valence-electron chi connectivity index (χ0n) is 18.3. The molecule has 32 heavy (non-hydrogen) atoms. The Labute approximate surface area is 192 Å². The van der Waals surface area contributed by atoms with Crippen LogP contribution >= 0.6 is 11.8 Å². The molecule has 0 amide bonds. The van der Waals surface area contributed by atoms with Gasteiger partial charge >= 0.3 is 10.2 Å². The molecule has 0 spiro atoms. The highest BCUT2D eigenvalue weighted by Gasteiger charge is 2.41. The Morgan fingerprint density at radius 1 is 1.38 bits per heavy atom. The SMILES string of the molecule is CCNS(=O)(=O)C1SC=C(NC2=NS(=O)(=O)NC2=N[C@@H](c2ccc(C)o2)C(C)(C)C)C1O. The quantitative estimate of drug-likeness (QED) is 0.447. The Kier molecular flexibility index (Phi) is 6.82. The second kappa shape index (κ2) is 8.82. The van der Waals surface area contributed by atoms with Crippen LogP contribution in [0, 0.1) is 12.3 Å². The van der Waals surface area contributed by atoms with E-state index < -0.39 is 42.4 Å². The Morgan fingerprint density at radius 3 is 2.62 bits per heavy atom. The molecule has 3 rings (SSSR count). The van der Waals surface area contributed by atoms with Gasteiger partial charge in [-0.3, -0.25) is 4.99 Å². The minimum atomic E-state index is -4.05. The highest BCUT2D eigenvalue weighted by atomic mass is 32.3. The molecule has 0 aliphatic carbocycles. The monoisotopic (exact) mass is 505 g/mol. The summed E-state index contributed by atoms with van der Waals surface area (Å²) in [6.07, 6.45) is -1.41. The van der Waals surface area contributed by atoms with E-state index >= 15 is 0 Å². The molecular formula is C18H27N5O6S3. The van der Waals surface area contributed by atoms with Crippen molar-refractivity contribution in [2.24, 2.45) is 14.8 Å². The van der Waals surface area contributed by atoms with E-state index in [0.717, 1.165) is 11.8 Å². The lowest BCUT2D eigenvalue weighted by Gasteiger charge is -2.26. The van der Waals surface area contributed by atoms with Gasteiger partial charge in [-0.2, -0.15) is 8.42 Å². The van der Waals surface area contributed by atoms with Crippen molar-refractivity contribution in [2.75, 3.05) is 6.54 Å². The van der Waals surface area contributed by atoms with Crippen LogP contribution in [-0.2, 0) is 20.2 Å². The van der Waals surface area contributed by atoms with Gasteiger partial charge in [0.2, 0.25) is 10.0 Å². The molecule has 3 heterocycles. The molecule has 0 fully saturated rings. The molecule has 0 aromatic carbocycles. The van der Waals surface area contributed by atoms with Gasteiger partial charge < -0.3 is 14.8 Å². The number of furan rings is 1. The first kappa shape index (κ1) is 24.8. The third kappa shape index (κ3) is 5.36. The van der Waals surface area contributed by atoms with Crippen LogP contribution in [-0.4, -0.2) is 50.8 Å². The number of nitrogens with one attached hydrogen (secondary N) is 3. The molecule has 11 nitrogen and oxygen atoms in total. The van der Waals surface area contributed by atoms with Gasteiger partial charge in [0.25, 0.3) is 0 Å². The minimum Gasteiger partial charge on any atom is -0.464 e. The van der Waals surface area contributed by atoms with E-state index in [1.54, 1.807) is 26.0 Å². The summed E-state index contributed by atoms with van der Waals surface area (Å²) in [5, 5.41) is 14.7. The molecular weight excluding hydrogens is 478 g/mol. The molecule has 4 N–H and O–H groups in total. The fourth-order valence-corrected chi connectivity index (χ4v) is 6.73. The van der Waals surface area contributed by atoms with Crippen molar-refractivity contribution in [1.82, 2.24) is 14.8 Å². The van der Waals surface area contributed by atoms with E-state index in [0.29, 0.717) is 11.5 Å². The van der Waals surface area contributed by atoms with Crippen molar-refractivity contribution in [3.8, 4) is 0 Å². The summed E-state index contributed by atoms with van der Waals surface area (Å²) in [4.78, 5) is 4.56. The third-order valence-electron chi connectivity index (χ3n) is 4.59. The molecule has 3 atom stereocenters. The molecule has 14 heteroatoms. The van der Waals surface area contributed by atoms with Crippen molar-refractivity contribution in [3.63, 3.8) is 0 Å². The highest BCUT2D eigenvalue weighted by Crippen LogP contribution is 2.37. The zero-order chi connectivity index (χ0) is 23.9. The Hall–Kier alpha value is -1.87. The maximum absolute atomic E-state index is 12.3. The smallest absolute Gasteiger partial charge is 0.345 e. The van der Waals surface area contributed by atoms with E-state index in [2.05, 4.69) is 24.2 Å². The number of aliphatic hydroxyl groups excluding tert-OH is 1. The molecule has 0 saturated heterocycles. The van der Waals surface area contributed by atoms with Gasteiger partial charge in [0.1, 0.15) is 23.7 Å². The second-order valence-corrected chi connectivity index (χ2v) is 12.9. The van der Waals surface area contributed by atoms with E-state index in [-0.39, 0.29) is 23.9 Å². The van der Waals surface area contributed by atoms with Crippen molar-refractivity contribution in [3.05, 3.63) is 34.8 Å². The van der Waals surface area contributed by atoms with Crippen molar-refractivity contribution >= 4 is 43.7 Å². The second-order valence-electron chi connectivity index (χ2n) is 8.40. The molecule has 1 aromatic heterocycles. The molecule has 178 valence electrons. The summed E-state index contributed by atoms with van der Waals surface area (Å²) in [5.41, 5.74) is -0.323. The number of aliphatic imine (C=N–C) groups is 1. The third-order valence-corrected chi connectivity index (χ3v) is 9.03. The average Bonchev–Trinajstić information content (AvgIpc) is 3.30. The fraction of sp³-hybridized carbons (Fsp3) is 0.556. The van der Waals surface area contributed by atoms with Crippen LogP contribution in [0.25, 0.3) is 0 Å². The van der Waals surface area contributed by atoms with Crippen molar-refractivity contribution in [2.45, 2.75) is 51.3 Å². The van der Waals surface area contributed by atoms with Gasteiger partial charge in [-0.25, -0.2) is 17.9 Å². The van der Waals surface area contributed by atoms with Crippen LogP contribution in [0.15, 0.2) is 37.0 Å². The lowest BCUT2D eigenvalue weighted by Crippen LogP contribution is -2.43. The predicted molar refractivity (Wildman–Crippen MR) is 124 cm³/mol. The number of hydrogen-bond donors (Lipinski definition) is 4. The van der Waals surface area contributed by atoms with Crippen molar-refractivity contribution in [1.29, 1.82) is 0 Å². The summed E-state index contributed by atoms with van der Waals surface area (Å²) in [6, 6.07) is 3.03. The zero-order valence-corrected chi connectivity index (χ0v) is 20.7. The standard InChI is InChI=1S/C18H27N5O6S3/c1-6-19-31(25,26)17-13(24)11(9-30-17)20-15-16(23-32(27,28)22-15)21-14(18(3,4)5)12-8-7-10(2)29-12/h7-9,13-14,17,19,24H,6H2,1-5H3,(H,20,22)(H,21,23)/t13?,14-,17?/m0/s1. The Morgan fingerprint density at radius 2 is 2.06 bits per heavy atom. The molecule has 0 bridgehead atoms. The van der Waals surface area contributed by atoms with Gasteiger partial charge in [0.15, 0.2) is 16.3 Å². The van der Waals surface area contributed by atoms with Crippen LogP contribution in [0.5, 0.6) is 0 Å². The van der Waals surface area contributed by atoms with E-state index in [1.807, 2.05) is 20.8 Å². The van der Waals surface area contributed by atoms with Crippen LogP contribution < -0.4 is 14.8 Å². The summed E-state index contributed by atoms with van der Waals surface area (Å²) < 4.78 is 61.7. The largest absolute Gasteiger partial charge is 0.464 e. The number of thioether (sulfide) groups is 1. The summed E-state index contributed by atoms with van der Waals surface area (Å²) >= 11 is 0.903. The summed E-state index contributed by atoms with van der Waals surface area (Å²) in [6.45, 7) is 9.42. The van der Waals surface area contributed by atoms with Gasteiger partial charge in [0.05, 0.1) is 5.70 Å². The van der Waals surface area contributed by atoms with Gasteiger partial charge in [0, 0.05) is 6.54 Å². The molecule has 2 aliphatic heterocycles. The molecule has 2 aliphatic rings. The summed E-state index contributed by atoms with van der Waals surface area (Å²) in [7, 11) is -7.83. The van der Waals surface area contributed by atoms with Gasteiger partial charge in [-0.05, 0) is 29.9 Å². The van der Waals surface area contributed by atoms with E-state index in [4.69, 9.17) is 4.42 Å². The lowest BCUT2D eigenvalue weighted by atomic mass is 9.85. The number of rotatable bonds is 6. The van der Waals surface area contributed by atoms with Crippen LogP contribution in [0.4, 0.5) is 0 Å². The predicted octanol–water partition coefficient (Wildman–Crippen LogP) is 1.12. The molecule has 1 aromatic rings. The van der Waals surface area contributed by atoms with E-state index in [1.165, 1.54) is 5.41 Å². The normalized spacial score (nSPS) is 25.4. The van der Waals surface area contributed by atoms with Crippen LogP contribution in [0.2, 0.25) is 0 Å². The Bertz CT molecular complexity index is 1180. The van der Waals surface area contributed by atoms with Crippen LogP contribution in [0.3, 0.4) is 0 Å². The molecule has 2 unspecified atom stereocenters. The number of nitrogens with zero attached hydrogens (tertiary/aromatic N) is 2. The van der Waals surface area contributed by atoms with Gasteiger partial charge in [-0.1, -0.05) is 27.7 Å².